The molecule has 1 aromatic heterocycles. The van der Waals surface area contributed by atoms with Crippen LogP contribution in [0.5, 0.6) is 0 Å². The van der Waals surface area contributed by atoms with E-state index < -0.39 is 12.0 Å². The van der Waals surface area contributed by atoms with Crippen molar-refractivity contribution in [3.8, 4) is 0 Å². The first kappa shape index (κ1) is 18.4. The molecule has 1 aliphatic rings. The van der Waals surface area contributed by atoms with Gasteiger partial charge in [-0.25, -0.2) is 9.59 Å². The molecule has 0 fully saturated rings. The number of hydrogen-bond donors (Lipinski definition) is 2. The van der Waals surface area contributed by atoms with Crippen LogP contribution in [0.25, 0.3) is 0 Å². The third-order valence-electron chi connectivity index (χ3n) is 3.91. The van der Waals surface area contributed by atoms with E-state index >= 15 is 0 Å². The number of ether oxygens (including phenoxy) is 1. The number of aryl methyl sites for hydroxylation is 2. The van der Waals surface area contributed by atoms with Crippen LogP contribution >= 0.6 is 23.1 Å². The second-order valence-corrected chi connectivity index (χ2v) is 8.05. The van der Waals surface area contributed by atoms with Gasteiger partial charge in [0.25, 0.3) is 0 Å². The van der Waals surface area contributed by atoms with E-state index in [-0.39, 0.29) is 6.03 Å². The van der Waals surface area contributed by atoms with Crippen LogP contribution in [0.1, 0.15) is 22.2 Å². The molecule has 0 saturated heterocycles. The normalized spacial score (nSPS) is 16.9. The molecule has 0 bridgehead atoms. The number of carbonyl (C=O) groups excluding carboxylic acids is 2. The average Bonchev–Trinajstić information content (AvgIpc) is 3.04. The summed E-state index contributed by atoms with van der Waals surface area (Å²) in [6.07, 6.45) is 0. The van der Waals surface area contributed by atoms with Crippen LogP contribution in [0.4, 0.5) is 4.79 Å². The third-order valence-corrected chi connectivity index (χ3v) is 5.90. The van der Waals surface area contributed by atoms with E-state index in [1.54, 1.807) is 0 Å². The number of esters is 1. The lowest BCUT2D eigenvalue weighted by Crippen LogP contribution is -2.46. The first-order valence-corrected chi connectivity index (χ1v) is 9.67. The average molecular weight is 390 g/mol. The SMILES string of the molecule is COC(=O)C1=C(CSc2nnc(C)s2)NC(=O)NC1c1ccccc1C. The lowest BCUT2D eigenvalue weighted by molar-refractivity contribution is -0.136. The van der Waals surface area contributed by atoms with E-state index in [0.717, 1.165) is 20.5 Å². The van der Waals surface area contributed by atoms with Gasteiger partial charge in [-0.3, -0.25) is 0 Å². The predicted molar refractivity (Wildman–Crippen MR) is 100.0 cm³/mol. The summed E-state index contributed by atoms with van der Waals surface area (Å²) in [5, 5.41) is 14.5. The van der Waals surface area contributed by atoms with Gasteiger partial charge in [-0.15, -0.1) is 10.2 Å². The van der Waals surface area contributed by atoms with Crippen molar-refractivity contribution in [2.75, 3.05) is 12.9 Å². The molecule has 3 rings (SSSR count). The topological polar surface area (TPSA) is 93.2 Å². The number of thioether (sulfide) groups is 1. The molecular weight excluding hydrogens is 372 g/mol. The Hall–Kier alpha value is -2.39. The van der Waals surface area contributed by atoms with Gasteiger partial charge in [0.15, 0.2) is 4.34 Å². The lowest BCUT2D eigenvalue weighted by Gasteiger charge is -2.29. The minimum Gasteiger partial charge on any atom is -0.466 e. The molecule has 26 heavy (non-hydrogen) atoms. The number of hydrogen-bond acceptors (Lipinski definition) is 7. The molecule has 9 heteroatoms. The van der Waals surface area contributed by atoms with Crippen molar-refractivity contribution in [3.05, 3.63) is 51.7 Å². The van der Waals surface area contributed by atoms with E-state index in [1.807, 2.05) is 38.1 Å². The van der Waals surface area contributed by atoms with Crippen molar-refractivity contribution in [1.82, 2.24) is 20.8 Å². The number of methoxy groups -OCH3 is 1. The molecule has 136 valence electrons. The van der Waals surface area contributed by atoms with E-state index in [4.69, 9.17) is 4.74 Å². The molecule has 0 saturated carbocycles. The summed E-state index contributed by atoms with van der Waals surface area (Å²) in [4.78, 5) is 24.7. The smallest absolute Gasteiger partial charge is 0.338 e. The Morgan fingerprint density at radius 1 is 1.31 bits per heavy atom. The number of amides is 2. The number of carbonyl (C=O) groups is 2. The largest absolute Gasteiger partial charge is 0.466 e. The second kappa shape index (κ2) is 7.88. The van der Waals surface area contributed by atoms with Crippen LogP contribution in [-0.2, 0) is 9.53 Å². The summed E-state index contributed by atoms with van der Waals surface area (Å²) >= 11 is 2.89. The number of urea groups is 1. The maximum atomic E-state index is 12.5. The van der Waals surface area contributed by atoms with Crippen LogP contribution in [-0.4, -0.2) is 35.1 Å². The Kier molecular flexibility index (Phi) is 5.58. The maximum absolute atomic E-state index is 12.5. The zero-order chi connectivity index (χ0) is 18.7. The van der Waals surface area contributed by atoms with Gasteiger partial charge in [-0.05, 0) is 25.0 Å². The first-order valence-electron chi connectivity index (χ1n) is 7.87. The monoisotopic (exact) mass is 390 g/mol. The zero-order valence-electron chi connectivity index (χ0n) is 14.5. The van der Waals surface area contributed by atoms with Crippen LogP contribution in [0.3, 0.4) is 0 Å². The highest BCUT2D eigenvalue weighted by Gasteiger charge is 2.34. The summed E-state index contributed by atoms with van der Waals surface area (Å²) in [6.45, 7) is 3.82. The fraction of sp³-hybridized carbons (Fsp3) is 0.294. The minimum absolute atomic E-state index is 0.352. The fourth-order valence-electron chi connectivity index (χ4n) is 2.70. The lowest BCUT2D eigenvalue weighted by atomic mass is 9.92. The van der Waals surface area contributed by atoms with Crippen LogP contribution in [0.15, 0.2) is 39.9 Å². The molecule has 2 amide bonds. The molecule has 2 N–H and O–H groups in total. The van der Waals surface area contributed by atoms with Crippen LogP contribution < -0.4 is 10.6 Å². The van der Waals surface area contributed by atoms with Crippen LogP contribution in [0, 0.1) is 13.8 Å². The number of benzene rings is 1. The van der Waals surface area contributed by atoms with Crippen molar-refractivity contribution in [1.29, 1.82) is 0 Å². The Balaban J connectivity index is 1.98. The number of nitrogens with zero attached hydrogens (tertiary/aromatic N) is 2. The van der Waals surface area contributed by atoms with Gasteiger partial charge >= 0.3 is 12.0 Å². The standard InChI is InChI=1S/C17H18N4O3S2/c1-9-6-4-5-7-11(9)14-13(15(22)24-3)12(18-16(23)19-14)8-25-17-21-20-10(2)26-17/h4-7,14H,8H2,1-3H3,(H2,18,19,23). The highest BCUT2D eigenvalue weighted by Crippen LogP contribution is 2.32. The van der Waals surface area contributed by atoms with Crippen molar-refractivity contribution in [2.24, 2.45) is 0 Å². The predicted octanol–water partition coefficient (Wildman–Crippen LogP) is 2.73. The fourth-order valence-corrected chi connectivity index (χ4v) is 4.48. The van der Waals surface area contributed by atoms with Crippen molar-refractivity contribution < 1.29 is 14.3 Å². The second-order valence-electron chi connectivity index (χ2n) is 5.65. The maximum Gasteiger partial charge on any atom is 0.338 e. The van der Waals surface area contributed by atoms with Gasteiger partial charge in [-0.1, -0.05) is 47.4 Å². The Morgan fingerprint density at radius 3 is 2.73 bits per heavy atom. The van der Waals surface area contributed by atoms with Gasteiger partial charge < -0.3 is 15.4 Å². The molecule has 1 atom stereocenters. The summed E-state index contributed by atoms with van der Waals surface area (Å²) in [5.41, 5.74) is 2.76. The highest BCUT2D eigenvalue weighted by atomic mass is 32.2. The zero-order valence-corrected chi connectivity index (χ0v) is 16.2. The quantitative estimate of drug-likeness (QED) is 0.602. The molecule has 0 spiro atoms. The molecule has 2 aromatic rings. The van der Waals surface area contributed by atoms with Crippen molar-refractivity contribution >= 4 is 35.1 Å². The molecule has 0 radical (unpaired) electrons. The van der Waals surface area contributed by atoms with E-state index in [9.17, 15) is 9.59 Å². The molecule has 0 aliphatic carbocycles. The molecule has 2 heterocycles. The number of rotatable bonds is 5. The molecule has 1 aliphatic heterocycles. The molecule has 1 unspecified atom stereocenters. The Labute approximate surface area is 159 Å². The van der Waals surface area contributed by atoms with Gasteiger partial charge in [0.05, 0.1) is 18.7 Å². The molecular formula is C17H18N4O3S2. The summed E-state index contributed by atoms with van der Waals surface area (Å²) in [5.74, 6) is -0.0932. The van der Waals surface area contributed by atoms with Gasteiger partial charge in [-0.2, -0.15) is 0 Å². The summed E-state index contributed by atoms with van der Waals surface area (Å²) < 4.78 is 5.76. The number of nitrogens with one attached hydrogen (secondary N) is 2. The van der Waals surface area contributed by atoms with Crippen molar-refractivity contribution in [2.45, 2.75) is 24.2 Å². The third kappa shape index (κ3) is 3.88. The first-order chi connectivity index (χ1) is 12.5. The Bertz CT molecular complexity index is 878. The highest BCUT2D eigenvalue weighted by molar-refractivity contribution is 8.01. The van der Waals surface area contributed by atoms with Gasteiger partial charge in [0.2, 0.25) is 0 Å². The van der Waals surface area contributed by atoms with E-state index in [1.165, 1.54) is 30.2 Å². The van der Waals surface area contributed by atoms with E-state index in [2.05, 4.69) is 20.8 Å². The summed E-state index contributed by atoms with van der Waals surface area (Å²) in [7, 11) is 1.33. The van der Waals surface area contributed by atoms with Gasteiger partial charge in [0.1, 0.15) is 5.01 Å². The van der Waals surface area contributed by atoms with Crippen molar-refractivity contribution in [3.63, 3.8) is 0 Å². The van der Waals surface area contributed by atoms with E-state index in [0.29, 0.717) is 17.0 Å². The van der Waals surface area contributed by atoms with Crippen LogP contribution in [0.2, 0.25) is 0 Å². The molecule has 1 aromatic carbocycles. The summed E-state index contributed by atoms with van der Waals surface area (Å²) in [6, 6.07) is 6.71. The number of aromatic nitrogens is 2. The van der Waals surface area contributed by atoms with Gasteiger partial charge in [0, 0.05) is 11.4 Å². The Morgan fingerprint density at radius 2 is 2.08 bits per heavy atom. The molecule has 7 nitrogen and oxygen atoms in total. The minimum atomic E-state index is -0.566.